The Morgan fingerprint density at radius 1 is 1.21 bits per heavy atom. The predicted octanol–water partition coefficient (Wildman–Crippen LogP) is 3.80. The van der Waals surface area contributed by atoms with Crippen LogP contribution in [0.1, 0.15) is 23.3 Å². The highest BCUT2D eigenvalue weighted by Crippen LogP contribution is 2.28. The topological polar surface area (TPSA) is 33.7 Å². The van der Waals surface area contributed by atoms with Gasteiger partial charge in [-0.3, -0.25) is 0 Å². The zero-order valence-corrected chi connectivity index (χ0v) is 15.6. The molecule has 1 aromatic heterocycles. The molecule has 0 radical (unpaired) electrons. The molecule has 1 aliphatic rings. The second-order valence-corrected chi connectivity index (χ2v) is 7.27. The number of benzene rings is 1. The maximum atomic E-state index is 5.64. The molecule has 0 unspecified atom stereocenters. The lowest BCUT2D eigenvalue weighted by atomic mass is 10.2. The molecule has 0 bridgehead atoms. The van der Waals surface area contributed by atoms with Gasteiger partial charge in [0.2, 0.25) is 0 Å². The number of rotatable bonds is 7. The molecule has 4 nitrogen and oxygen atoms in total. The molecule has 0 saturated heterocycles. The van der Waals surface area contributed by atoms with Crippen molar-refractivity contribution in [2.75, 3.05) is 14.2 Å². The number of ether oxygens (including phenoxy) is 2. The summed E-state index contributed by atoms with van der Waals surface area (Å²) < 4.78 is 10.7. The Morgan fingerprint density at radius 3 is 2.62 bits per heavy atom. The summed E-state index contributed by atoms with van der Waals surface area (Å²) in [5.74, 6) is 1.48. The van der Waals surface area contributed by atoms with E-state index in [0.717, 1.165) is 35.3 Å². The maximum Gasteiger partial charge on any atom is 0.169 e. The Kier molecular flexibility index (Phi) is 5.58. The first-order valence-electron chi connectivity index (χ1n) is 7.98. The normalized spacial score (nSPS) is 13.4. The van der Waals surface area contributed by atoms with Crippen LogP contribution in [0.3, 0.4) is 0 Å². The molecule has 0 atom stereocenters. The second-order valence-electron chi connectivity index (χ2n) is 5.85. The highest BCUT2D eigenvalue weighted by atomic mass is 32.1. The SMILES string of the molecule is COc1ccc(CN(Cc2cccs2)C(=S)NC2CC2)cc1OC. The van der Waals surface area contributed by atoms with Crippen LogP contribution in [0.4, 0.5) is 0 Å². The standard InChI is InChI=1S/C18H22N2O2S2/c1-21-16-8-5-13(10-17(16)22-2)11-20(12-15-4-3-9-24-15)18(23)19-14-6-7-14/h3-5,8-10,14H,6-7,11-12H2,1-2H3,(H,19,23). The molecule has 1 heterocycles. The first-order chi connectivity index (χ1) is 11.7. The van der Waals surface area contributed by atoms with E-state index in [2.05, 4.69) is 33.8 Å². The van der Waals surface area contributed by atoms with Crippen molar-refractivity contribution >= 4 is 28.7 Å². The van der Waals surface area contributed by atoms with Crippen LogP contribution in [0.5, 0.6) is 11.5 Å². The van der Waals surface area contributed by atoms with E-state index in [1.165, 1.54) is 17.7 Å². The minimum Gasteiger partial charge on any atom is -0.493 e. The van der Waals surface area contributed by atoms with Gasteiger partial charge in [-0.05, 0) is 54.2 Å². The lowest BCUT2D eigenvalue weighted by Gasteiger charge is -2.26. The van der Waals surface area contributed by atoms with Crippen LogP contribution in [0.15, 0.2) is 35.7 Å². The smallest absolute Gasteiger partial charge is 0.169 e. The molecule has 0 amide bonds. The molecule has 24 heavy (non-hydrogen) atoms. The monoisotopic (exact) mass is 362 g/mol. The third-order valence-electron chi connectivity index (χ3n) is 3.94. The van der Waals surface area contributed by atoms with E-state index in [0.29, 0.717) is 6.04 Å². The Bertz CT molecular complexity index is 684. The molecular weight excluding hydrogens is 340 g/mol. The second kappa shape index (κ2) is 7.85. The van der Waals surface area contributed by atoms with Crippen molar-refractivity contribution in [2.45, 2.75) is 32.0 Å². The van der Waals surface area contributed by atoms with Gasteiger partial charge in [0, 0.05) is 17.5 Å². The van der Waals surface area contributed by atoms with Crippen LogP contribution in [0, 0.1) is 0 Å². The Balaban J connectivity index is 1.75. The Morgan fingerprint density at radius 2 is 2.00 bits per heavy atom. The first kappa shape index (κ1) is 17.0. The van der Waals surface area contributed by atoms with Crippen LogP contribution < -0.4 is 14.8 Å². The van der Waals surface area contributed by atoms with Gasteiger partial charge < -0.3 is 19.7 Å². The lowest BCUT2D eigenvalue weighted by Crippen LogP contribution is -2.39. The van der Waals surface area contributed by atoms with Crippen molar-refractivity contribution in [3.8, 4) is 11.5 Å². The molecular formula is C18H22N2O2S2. The average Bonchev–Trinajstić information content (AvgIpc) is 3.26. The summed E-state index contributed by atoms with van der Waals surface area (Å²) in [7, 11) is 3.31. The molecule has 3 rings (SSSR count). The van der Waals surface area contributed by atoms with Gasteiger partial charge in [0.05, 0.1) is 20.8 Å². The van der Waals surface area contributed by atoms with Crippen molar-refractivity contribution in [3.05, 3.63) is 46.2 Å². The summed E-state index contributed by atoms with van der Waals surface area (Å²) in [5.41, 5.74) is 1.14. The molecule has 0 spiro atoms. The Labute approximate surface area is 152 Å². The number of hydrogen-bond acceptors (Lipinski definition) is 4. The quantitative estimate of drug-likeness (QED) is 0.758. The van der Waals surface area contributed by atoms with Gasteiger partial charge in [-0.1, -0.05) is 12.1 Å². The van der Waals surface area contributed by atoms with Crippen LogP contribution in [0.25, 0.3) is 0 Å². The number of nitrogens with zero attached hydrogens (tertiary/aromatic N) is 1. The summed E-state index contributed by atoms with van der Waals surface area (Å²) in [4.78, 5) is 3.51. The average molecular weight is 363 g/mol. The summed E-state index contributed by atoms with van der Waals surface area (Å²) in [6, 6.07) is 10.8. The van der Waals surface area contributed by atoms with Gasteiger partial charge in [-0.25, -0.2) is 0 Å². The molecule has 1 saturated carbocycles. The predicted molar refractivity (Wildman–Crippen MR) is 102 cm³/mol. The summed E-state index contributed by atoms with van der Waals surface area (Å²) in [6.07, 6.45) is 2.42. The van der Waals surface area contributed by atoms with Gasteiger partial charge in [0.1, 0.15) is 0 Å². The van der Waals surface area contributed by atoms with E-state index in [9.17, 15) is 0 Å². The van der Waals surface area contributed by atoms with Crippen molar-refractivity contribution in [2.24, 2.45) is 0 Å². The van der Waals surface area contributed by atoms with E-state index < -0.39 is 0 Å². The molecule has 6 heteroatoms. The van der Waals surface area contributed by atoms with Crippen molar-refractivity contribution in [3.63, 3.8) is 0 Å². The fourth-order valence-electron chi connectivity index (χ4n) is 2.48. The zero-order chi connectivity index (χ0) is 16.9. The number of hydrogen-bond donors (Lipinski definition) is 1. The molecule has 128 valence electrons. The van der Waals surface area contributed by atoms with Gasteiger partial charge in [-0.2, -0.15) is 0 Å². The summed E-state index contributed by atoms with van der Waals surface area (Å²) in [6.45, 7) is 1.54. The highest BCUT2D eigenvalue weighted by molar-refractivity contribution is 7.80. The van der Waals surface area contributed by atoms with Gasteiger partial charge in [0.25, 0.3) is 0 Å². The van der Waals surface area contributed by atoms with Gasteiger partial charge in [-0.15, -0.1) is 11.3 Å². The molecule has 1 fully saturated rings. The first-order valence-corrected chi connectivity index (χ1v) is 9.27. The van der Waals surface area contributed by atoms with Crippen molar-refractivity contribution in [1.82, 2.24) is 10.2 Å². The largest absolute Gasteiger partial charge is 0.493 e. The van der Waals surface area contributed by atoms with Crippen LogP contribution >= 0.6 is 23.6 Å². The van der Waals surface area contributed by atoms with E-state index in [-0.39, 0.29) is 0 Å². The number of methoxy groups -OCH3 is 2. The van der Waals surface area contributed by atoms with Gasteiger partial charge >= 0.3 is 0 Å². The molecule has 0 aliphatic heterocycles. The minimum absolute atomic E-state index is 0.550. The lowest BCUT2D eigenvalue weighted by molar-refractivity contribution is 0.352. The molecule has 1 aromatic carbocycles. The van der Waals surface area contributed by atoms with Crippen molar-refractivity contribution in [1.29, 1.82) is 0 Å². The highest BCUT2D eigenvalue weighted by Gasteiger charge is 2.24. The van der Waals surface area contributed by atoms with E-state index >= 15 is 0 Å². The van der Waals surface area contributed by atoms with Crippen LogP contribution in [-0.4, -0.2) is 30.3 Å². The van der Waals surface area contributed by atoms with E-state index in [1.54, 1.807) is 25.6 Å². The number of thiophene rings is 1. The molecule has 2 aromatic rings. The number of thiocarbonyl (C=S) groups is 1. The van der Waals surface area contributed by atoms with Crippen molar-refractivity contribution < 1.29 is 9.47 Å². The summed E-state index contributed by atoms with van der Waals surface area (Å²) in [5, 5.41) is 6.36. The van der Waals surface area contributed by atoms with E-state index in [1.807, 2.05) is 12.1 Å². The Hall–Kier alpha value is -1.79. The summed E-state index contributed by atoms with van der Waals surface area (Å²) >= 11 is 7.39. The zero-order valence-electron chi connectivity index (χ0n) is 14.0. The third-order valence-corrected chi connectivity index (χ3v) is 5.18. The van der Waals surface area contributed by atoms with Gasteiger partial charge in [0.15, 0.2) is 16.6 Å². The van der Waals surface area contributed by atoms with Crippen LogP contribution in [-0.2, 0) is 13.1 Å². The maximum absolute atomic E-state index is 5.64. The fourth-order valence-corrected chi connectivity index (χ4v) is 3.50. The van der Waals surface area contributed by atoms with E-state index in [4.69, 9.17) is 21.7 Å². The van der Waals surface area contributed by atoms with Crippen LogP contribution in [0.2, 0.25) is 0 Å². The fraction of sp³-hybridized carbons (Fsp3) is 0.389. The third kappa shape index (κ3) is 4.39. The molecule has 1 N–H and O–H groups in total. The molecule has 1 aliphatic carbocycles. The minimum atomic E-state index is 0.550. The number of nitrogens with one attached hydrogen (secondary N) is 1.